The van der Waals surface area contributed by atoms with Gasteiger partial charge in [0.25, 0.3) is 0 Å². The number of hydrogen-bond donors (Lipinski definition) is 3. The highest BCUT2D eigenvalue weighted by Gasteiger charge is 2.41. The Morgan fingerprint density at radius 1 is 0.833 bits per heavy atom. The van der Waals surface area contributed by atoms with Gasteiger partial charge in [0.1, 0.15) is 11.5 Å². The van der Waals surface area contributed by atoms with E-state index in [0.717, 1.165) is 49.1 Å². The van der Waals surface area contributed by atoms with Crippen molar-refractivity contribution in [3.63, 3.8) is 0 Å². The Morgan fingerprint density at radius 3 is 1.97 bits per heavy atom. The number of rotatable bonds is 9. The van der Waals surface area contributed by atoms with Crippen LogP contribution in [0.2, 0.25) is 0 Å². The van der Waals surface area contributed by atoms with Crippen LogP contribution in [0.3, 0.4) is 0 Å². The fourth-order valence-electron chi connectivity index (χ4n) is 5.45. The highest BCUT2D eigenvalue weighted by molar-refractivity contribution is 5.79. The van der Waals surface area contributed by atoms with Gasteiger partial charge < -0.3 is 15.3 Å². The Balaban J connectivity index is 1.75. The van der Waals surface area contributed by atoms with Crippen molar-refractivity contribution in [2.75, 3.05) is 19.7 Å². The standard InChI is InChI=1S/C32H39NO3/c1-31(2,24-34)30-28(19-12-20-29(30)35)32(36,33-22-10-5-11-23-33)21-13-18-27(25-14-6-3-7-15-25)26-16-8-4-9-17-26/h3-4,6-9,12,14-20,34-36H,5,10-11,13,21-24H2,1-2H3. The minimum Gasteiger partial charge on any atom is -0.508 e. The van der Waals surface area contributed by atoms with Crippen LogP contribution in [0, 0.1) is 0 Å². The molecule has 0 bridgehead atoms. The maximum Gasteiger partial charge on any atom is 0.145 e. The van der Waals surface area contributed by atoms with Crippen molar-refractivity contribution >= 4 is 5.57 Å². The fourth-order valence-corrected chi connectivity index (χ4v) is 5.45. The molecule has 1 fully saturated rings. The Labute approximate surface area is 215 Å². The minimum atomic E-state index is -1.25. The van der Waals surface area contributed by atoms with Gasteiger partial charge in [0.05, 0.1) is 6.61 Å². The number of allylic oxidation sites excluding steroid dienone is 1. The summed E-state index contributed by atoms with van der Waals surface area (Å²) in [6.07, 6.45) is 6.59. The second kappa shape index (κ2) is 11.4. The zero-order valence-electron chi connectivity index (χ0n) is 21.5. The Hall–Kier alpha value is -2.92. The van der Waals surface area contributed by atoms with Crippen molar-refractivity contribution in [3.8, 4) is 5.75 Å². The van der Waals surface area contributed by atoms with Gasteiger partial charge in [-0.05, 0) is 48.4 Å². The summed E-state index contributed by atoms with van der Waals surface area (Å²) in [6.45, 7) is 5.30. The van der Waals surface area contributed by atoms with Gasteiger partial charge in [-0.2, -0.15) is 0 Å². The normalized spacial score (nSPS) is 16.3. The molecule has 190 valence electrons. The van der Waals surface area contributed by atoms with Crippen LogP contribution in [-0.4, -0.2) is 39.9 Å². The summed E-state index contributed by atoms with van der Waals surface area (Å²) in [7, 11) is 0. The van der Waals surface area contributed by atoms with Crippen molar-refractivity contribution in [3.05, 3.63) is 107 Å². The van der Waals surface area contributed by atoms with Crippen molar-refractivity contribution in [1.29, 1.82) is 0 Å². The molecule has 4 heteroatoms. The smallest absolute Gasteiger partial charge is 0.145 e. The molecule has 3 N–H and O–H groups in total. The van der Waals surface area contributed by atoms with Crippen LogP contribution in [0.15, 0.2) is 84.9 Å². The SMILES string of the molecule is CC(C)(CO)c1c(O)cccc1C(O)(CCC=C(c1ccccc1)c1ccccc1)N1CCCCC1. The second-order valence-electron chi connectivity index (χ2n) is 10.5. The van der Waals surface area contributed by atoms with Crippen molar-refractivity contribution in [2.45, 2.75) is 57.1 Å². The zero-order valence-corrected chi connectivity index (χ0v) is 21.5. The first-order chi connectivity index (χ1) is 17.4. The third-order valence-corrected chi connectivity index (χ3v) is 7.44. The summed E-state index contributed by atoms with van der Waals surface area (Å²) in [5.74, 6) is 0.117. The largest absolute Gasteiger partial charge is 0.508 e. The molecule has 0 aliphatic carbocycles. The van der Waals surface area contributed by atoms with E-state index in [1.807, 2.05) is 56.3 Å². The van der Waals surface area contributed by atoms with E-state index >= 15 is 0 Å². The summed E-state index contributed by atoms with van der Waals surface area (Å²) in [5.41, 5.74) is 2.79. The van der Waals surface area contributed by atoms with E-state index < -0.39 is 11.1 Å². The number of aliphatic hydroxyl groups is 2. The lowest BCUT2D eigenvalue weighted by Crippen LogP contribution is -2.50. The van der Waals surface area contributed by atoms with Gasteiger partial charge in [0.2, 0.25) is 0 Å². The molecule has 1 aliphatic rings. The molecule has 1 aliphatic heterocycles. The van der Waals surface area contributed by atoms with Gasteiger partial charge in [-0.25, -0.2) is 0 Å². The number of likely N-dealkylation sites (tertiary alicyclic amines) is 1. The van der Waals surface area contributed by atoms with E-state index in [1.54, 1.807) is 12.1 Å². The molecule has 0 spiro atoms. The first kappa shape index (κ1) is 26.2. The third-order valence-electron chi connectivity index (χ3n) is 7.44. The molecular weight excluding hydrogens is 446 g/mol. The van der Waals surface area contributed by atoms with Crippen molar-refractivity contribution in [2.24, 2.45) is 0 Å². The van der Waals surface area contributed by atoms with Crippen molar-refractivity contribution in [1.82, 2.24) is 4.90 Å². The van der Waals surface area contributed by atoms with E-state index in [0.29, 0.717) is 24.0 Å². The highest BCUT2D eigenvalue weighted by atomic mass is 16.3. The number of phenols is 1. The van der Waals surface area contributed by atoms with Crippen LogP contribution in [0.4, 0.5) is 0 Å². The van der Waals surface area contributed by atoms with E-state index in [9.17, 15) is 15.3 Å². The molecule has 1 unspecified atom stereocenters. The number of piperidine rings is 1. The van der Waals surface area contributed by atoms with E-state index in [2.05, 4.69) is 35.2 Å². The number of benzene rings is 3. The zero-order chi connectivity index (χ0) is 25.6. The Kier molecular flexibility index (Phi) is 8.30. The average molecular weight is 486 g/mol. The molecule has 1 saturated heterocycles. The first-order valence-corrected chi connectivity index (χ1v) is 13.1. The van der Waals surface area contributed by atoms with Gasteiger partial charge >= 0.3 is 0 Å². The molecule has 36 heavy (non-hydrogen) atoms. The quantitative estimate of drug-likeness (QED) is 0.337. The highest BCUT2D eigenvalue weighted by Crippen LogP contribution is 2.43. The molecule has 0 aromatic heterocycles. The lowest BCUT2D eigenvalue weighted by atomic mass is 9.77. The second-order valence-corrected chi connectivity index (χ2v) is 10.5. The first-order valence-electron chi connectivity index (χ1n) is 13.1. The van der Waals surface area contributed by atoms with E-state index in [4.69, 9.17) is 0 Å². The minimum absolute atomic E-state index is 0.117. The topological polar surface area (TPSA) is 63.9 Å². The van der Waals surface area contributed by atoms with Crippen molar-refractivity contribution < 1.29 is 15.3 Å². The monoisotopic (exact) mass is 485 g/mol. The lowest BCUT2D eigenvalue weighted by Gasteiger charge is -2.44. The van der Waals surface area contributed by atoms with Gasteiger partial charge in [0, 0.05) is 29.6 Å². The maximum absolute atomic E-state index is 12.4. The Morgan fingerprint density at radius 2 is 1.42 bits per heavy atom. The molecule has 1 heterocycles. The number of aromatic hydroxyl groups is 1. The fraction of sp³-hybridized carbons (Fsp3) is 0.375. The number of phenolic OH excluding ortho intramolecular Hbond substituents is 1. The lowest BCUT2D eigenvalue weighted by molar-refractivity contribution is -0.130. The maximum atomic E-state index is 12.4. The summed E-state index contributed by atoms with van der Waals surface area (Å²) in [5, 5.41) is 33.5. The molecule has 3 aromatic rings. The molecule has 1 atom stereocenters. The molecule has 4 rings (SSSR count). The number of hydrogen-bond acceptors (Lipinski definition) is 4. The van der Waals surface area contributed by atoms with Crippen LogP contribution >= 0.6 is 0 Å². The third kappa shape index (κ3) is 5.57. The van der Waals surface area contributed by atoms with Crippen LogP contribution < -0.4 is 0 Å². The van der Waals surface area contributed by atoms with Crippen LogP contribution in [0.25, 0.3) is 5.57 Å². The molecular formula is C32H39NO3. The van der Waals surface area contributed by atoms with Crippen LogP contribution in [-0.2, 0) is 11.1 Å². The van der Waals surface area contributed by atoms with Gasteiger partial charge in [0.15, 0.2) is 0 Å². The summed E-state index contributed by atoms with van der Waals surface area (Å²) in [4.78, 5) is 2.17. The molecule has 0 amide bonds. The molecule has 4 nitrogen and oxygen atoms in total. The molecule has 0 saturated carbocycles. The summed E-state index contributed by atoms with van der Waals surface area (Å²) in [6, 6.07) is 26.1. The van der Waals surface area contributed by atoms with E-state index in [1.165, 1.54) is 0 Å². The average Bonchev–Trinajstić information content (AvgIpc) is 2.92. The number of aliphatic hydroxyl groups excluding tert-OH is 1. The van der Waals surface area contributed by atoms with Gasteiger partial charge in [-0.3, -0.25) is 4.90 Å². The summed E-state index contributed by atoms with van der Waals surface area (Å²) < 4.78 is 0. The van der Waals surface area contributed by atoms with Crippen LogP contribution in [0.1, 0.15) is 68.2 Å². The molecule has 0 radical (unpaired) electrons. The summed E-state index contributed by atoms with van der Waals surface area (Å²) >= 11 is 0. The van der Waals surface area contributed by atoms with Gasteiger partial charge in [-0.1, -0.05) is 99.1 Å². The van der Waals surface area contributed by atoms with Crippen LogP contribution in [0.5, 0.6) is 5.75 Å². The number of nitrogens with zero attached hydrogens (tertiary/aromatic N) is 1. The van der Waals surface area contributed by atoms with Gasteiger partial charge in [-0.15, -0.1) is 0 Å². The predicted octanol–water partition coefficient (Wildman–Crippen LogP) is 6.21. The Bertz CT molecular complexity index is 1110. The molecule has 3 aromatic carbocycles. The predicted molar refractivity (Wildman–Crippen MR) is 147 cm³/mol. The van der Waals surface area contributed by atoms with E-state index in [-0.39, 0.29) is 12.4 Å².